The highest BCUT2D eigenvalue weighted by Crippen LogP contribution is 2.41. The number of hydrogen-bond acceptors (Lipinski definition) is 8. The van der Waals surface area contributed by atoms with Gasteiger partial charge in [0.1, 0.15) is 34.6 Å². The molecule has 6 heterocycles. The summed E-state index contributed by atoms with van der Waals surface area (Å²) in [7, 11) is 1.59. The average Bonchev–Trinajstić information content (AvgIpc) is 3.63. The molecule has 0 radical (unpaired) electrons. The van der Waals surface area contributed by atoms with E-state index in [-0.39, 0.29) is 48.0 Å². The highest BCUT2D eigenvalue weighted by Gasteiger charge is 2.36. The Morgan fingerprint density at radius 1 is 1.06 bits per heavy atom. The quantitative estimate of drug-likeness (QED) is 0.181. The molecule has 4 aromatic heterocycles. The topological polar surface area (TPSA) is 149 Å². The number of halogens is 4. The number of hydrogen-bond donors (Lipinski definition) is 2. The molecule has 13 nitrogen and oxygen atoms in total. The number of aryl methyl sites for hydroxylation is 1. The van der Waals surface area contributed by atoms with E-state index in [0.29, 0.717) is 40.9 Å². The summed E-state index contributed by atoms with van der Waals surface area (Å²) < 4.78 is 59.3. The molecule has 3 fully saturated rings. The van der Waals surface area contributed by atoms with Crippen LogP contribution in [0.15, 0.2) is 53.6 Å². The van der Waals surface area contributed by atoms with E-state index in [2.05, 4.69) is 30.6 Å². The number of piperidine rings is 2. The van der Waals surface area contributed by atoms with Crippen LogP contribution in [-0.4, -0.2) is 71.1 Å². The first kappa shape index (κ1) is 34.6. The molecule has 1 saturated carbocycles. The number of alkyl halides is 3. The predicted octanol–water partition coefficient (Wildman–Crippen LogP) is 4.70. The molecule has 8 rings (SSSR count). The van der Waals surface area contributed by atoms with Gasteiger partial charge in [0.25, 0.3) is 5.91 Å². The van der Waals surface area contributed by atoms with Crippen molar-refractivity contribution in [2.75, 3.05) is 25.0 Å². The normalized spacial score (nSPS) is 21.6. The van der Waals surface area contributed by atoms with E-state index in [1.54, 1.807) is 19.2 Å². The molecule has 5 aromatic rings. The van der Waals surface area contributed by atoms with E-state index in [9.17, 15) is 32.3 Å². The molecule has 3 aliphatic rings. The Hall–Kier alpha value is -5.45. The minimum atomic E-state index is -4.67. The predicted molar refractivity (Wildman–Crippen MR) is 183 cm³/mol. The van der Waals surface area contributed by atoms with Crippen LogP contribution in [0.2, 0.25) is 0 Å². The van der Waals surface area contributed by atoms with E-state index >= 15 is 4.39 Å². The minimum Gasteiger partial charge on any atom is -0.305 e. The van der Waals surface area contributed by atoms with Crippen molar-refractivity contribution >= 4 is 45.5 Å². The lowest BCUT2D eigenvalue weighted by atomic mass is 9.79. The third kappa shape index (κ3) is 6.46. The van der Waals surface area contributed by atoms with Gasteiger partial charge in [-0.15, -0.1) is 0 Å². The molecule has 1 atom stereocenters. The summed E-state index contributed by atoms with van der Waals surface area (Å²) in [6.07, 6.45) is 2.29. The van der Waals surface area contributed by atoms with Crippen LogP contribution >= 0.6 is 0 Å². The summed E-state index contributed by atoms with van der Waals surface area (Å²) >= 11 is 0. The Morgan fingerprint density at radius 3 is 2.57 bits per heavy atom. The van der Waals surface area contributed by atoms with Gasteiger partial charge in [-0.3, -0.25) is 33.5 Å². The summed E-state index contributed by atoms with van der Waals surface area (Å²) in [6.45, 7) is 2.43. The maximum Gasteiger partial charge on any atom is 0.433 e. The van der Waals surface area contributed by atoms with E-state index in [4.69, 9.17) is 0 Å². The standard InChI is InChI=1S/C36H35F4N9O4/c1-46-32-26(49(35(46)53)27-7-8-30(50)44-34(27)52)6-5-23(37)31(32)20-9-11-47(12-10-20)17-19-13-22(14-19)48-18-21-15-29(41-16-25(21)45-48)43-33(51)24-3-2-4-28(42-24)36(38,39)40/h2-6,15-16,18-20,22,27H,7-14,17H2,1H3,(H,43,51)(H,44,50,52)/t19-,22-,27?. The van der Waals surface area contributed by atoms with Crippen molar-refractivity contribution in [3.8, 4) is 0 Å². The van der Waals surface area contributed by atoms with Gasteiger partial charge in [0.2, 0.25) is 11.8 Å². The second kappa shape index (κ2) is 13.2. The van der Waals surface area contributed by atoms with Crippen molar-refractivity contribution < 1.29 is 31.9 Å². The molecule has 53 heavy (non-hydrogen) atoms. The third-order valence-corrected chi connectivity index (χ3v) is 10.8. The van der Waals surface area contributed by atoms with Crippen molar-refractivity contribution in [3.63, 3.8) is 0 Å². The van der Waals surface area contributed by atoms with Gasteiger partial charge in [0, 0.05) is 37.2 Å². The number of fused-ring (bicyclic) bond motifs is 2. The largest absolute Gasteiger partial charge is 0.433 e. The number of carbonyl (C=O) groups is 3. The van der Waals surface area contributed by atoms with Gasteiger partial charge in [0.15, 0.2) is 0 Å². The first-order chi connectivity index (χ1) is 25.3. The van der Waals surface area contributed by atoms with Gasteiger partial charge in [-0.05, 0) is 87.4 Å². The maximum atomic E-state index is 15.5. The second-order valence-electron chi connectivity index (χ2n) is 14.2. The number of amides is 3. The highest BCUT2D eigenvalue weighted by molar-refractivity contribution is 6.03. The number of likely N-dealkylation sites (tertiary alicyclic amines) is 1. The zero-order valence-corrected chi connectivity index (χ0v) is 28.6. The van der Waals surface area contributed by atoms with Crippen molar-refractivity contribution in [1.82, 2.24) is 39.1 Å². The molecule has 2 aliphatic heterocycles. The van der Waals surface area contributed by atoms with Crippen LogP contribution < -0.4 is 16.3 Å². The molecule has 1 aliphatic carbocycles. The van der Waals surface area contributed by atoms with E-state index in [0.717, 1.165) is 50.0 Å². The minimum absolute atomic E-state index is 0.103. The molecule has 1 unspecified atom stereocenters. The van der Waals surface area contributed by atoms with Gasteiger partial charge < -0.3 is 10.2 Å². The number of imide groups is 1. The van der Waals surface area contributed by atoms with Crippen molar-refractivity contribution in [1.29, 1.82) is 0 Å². The molecule has 0 bridgehead atoms. The molecule has 0 spiro atoms. The molecule has 276 valence electrons. The number of nitrogens with one attached hydrogen (secondary N) is 2. The smallest absolute Gasteiger partial charge is 0.305 e. The van der Waals surface area contributed by atoms with Gasteiger partial charge >= 0.3 is 11.9 Å². The fraction of sp³-hybridized carbons (Fsp3) is 0.417. The van der Waals surface area contributed by atoms with Gasteiger partial charge in [-0.1, -0.05) is 6.07 Å². The Kier molecular flexibility index (Phi) is 8.62. The molecular weight excluding hydrogens is 698 g/mol. The van der Waals surface area contributed by atoms with Crippen LogP contribution in [0.3, 0.4) is 0 Å². The molecule has 2 saturated heterocycles. The number of nitrogens with zero attached hydrogens (tertiary/aromatic N) is 7. The van der Waals surface area contributed by atoms with Gasteiger partial charge in [-0.2, -0.15) is 18.3 Å². The van der Waals surface area contributed by atoms with Crippen LogP contribution in [0.4, 0.5) is 23.4 Å². The number of benzene rings is 1. The number of aromatic nitrogens is 6. The van der Waals surface area contributed by atoms with Crippen LogP contribution in [0.1, 0.15) is 78.3 Å². The summed E-state index contributed by atoms with van der Waals surface area (Å²) in [5.41, 5.74) is 0.145. The number of carbonyl (C=O) groups excluding carboxylic acids is 3. The summed E-state index contributed by atoms with van der Waals surface area (Å²) in [5, 5.41) is 10.2. The maximum absolute atomic E-state index is 15.5. The molecule has 17 heteroatoms. The summed E-state index contributed by atoms with van der Waals surface area (Å²) in [5.74, 6) is -1.58. The lowest BCUT2D eigenvalue weighted by molar-refractivity contribution is -0.141. The Bertz CT molecular complexity index is 2330. The van der Waals surface area contributed by atoms with Crippen molar-refractivity contribution in [2.45, 2.75) is 62.7 Å². The molecule has 3 amide bonds. The van der Waals surface area contributed by atoms with E-state index in [1.807, 2.05) is 10.9 Å². The number of rotatable bonds is 7. The zero-order chi connectivity index (χ0) is 37.2. The molecule has 2 N–H and O–H groups in total. The Labute approximate surface area is 299 Å². The highest BCUT2D eigenvalue weighted by atomic mass is 19.4. The zero-order valence-electron chi connectivity index (χ0n) is 28.6. The summed E-state index contributed by atoms with van der Waals surface area (Å²) in [4.78, 5) is 60.4. The summed E-state index contributed by atoms with van der Waals surface area (Å²) in [6, 6.07) is 6.99. The van der Waals surface area contributed by atoms with Crippen LogP contribution in [-0.2, 0) is 22.8 Å². The fourth-order valence-electron chi connectivity index (χ4n) is 8.03. The first-order valence-electron chi connectivity index (χ1n) is 17.5. The number of imidazole rings is 1. The lowest BCUT2D eigenvalue weighted by Crippen LogP contribution is -2.44. The number of anilines is 1. The lowest BCUT2D eigenvalue weighted by Gasteiger charge is -2.41. The molecule has 1 aromatic carbocycles. The van der Waals surface area contributed by atoms with Gasteiger partial charge in [-0.25, -0.2) is 19.2 Å². The van der Waals surface area contributed by atoms with Gasteiger partial charge in [0.05, 0.1) is 23.3 Å². The van der Waals surface area contributed by atoms with E-state index in [1.165, 1.54) is 27.5 Å². The van der Waals surface area contributed by atoms with Crippen molar-refractivity contribution in [3.05, 3.63) is 82.0 Å². The van der Waals surface area contributed by atoms with E-state index < -0.39 is 35.4 Å². The monoisotopic (exact) mass is 733 g/mol. The first-order valence-corrected chi connectivity index (χ1v) is 17.5. The van der Waals surface area contributed by atoms with Crippen LogP contribution in [0.5, 0.6) is 0 Å². The average molecular weight is 734 g/mol. The fourth-order valence-corrected chi connectivity index (χ4v) is 8.03. The SMILES string of the molecule is Cn1c(=O)n(C2CCC(=O)NC2=O)c2ccc(F)c(C3CCN(C[C@H]4C[C@H](n5cc6cc(NC(=O)c7cccc(C(F)(F)F)n7)ncc6n5)C4)CC3)c21. The van der Waals surface area contributed by atoms with Crippen LogP contribution in [0, 0.1) is 11.7 Å². The second-order valence-corrected chi connectivity index (χ2v) is 14.2. The Morgan fingerprint density at radius 2 is 1.83 bits per heavy atom. The van der Waals surface area contributed by atoms with Crippen LogP contribution in [0.25, 0.3) is 21.9 Å². The third-order valence-electron chi connectivity index (χ3n) is 10.8. The Balaban J connectivity index is 0.878. The van der Waals surface area contributed by atoms with Crippen molar-refractivity contribution in [2.24, 2.45) is 13.0 Å². The molecular formula is C36H35F4N9O4. The number of pyridine rings is 2.